The number of furan rings is 1. The second-order valence-electron chi connectivity index (χ2n) is 5.79. The number of benzene rings is 1. The first kappa shape index (κ1) is 19.1. The molecular weight excluding hydrogens is 391 g/mol. The Kier molecular flexibility index (Phi) is 5.93. The molecule has 2 N–H and O–H groups in total. The van der Waals surface area contributed by atoms with Gasteiger partial charge >= 0.3 is 0 Å². The maximum atomic E-state index is 13.1. The second kappa shape index (κ2) is 8.37. The van der Waals surface area contributed by atoms with Gasteiger partial charge in [-0.25, -0.2) is 4.39 Å². The molecule has 27 heavy (non-hydrogen) atoms. The predicted octanol–water partition coefficient (Wildman–Crippen LogP) is 4.67. The highest BCUT2D eigenvalue weighted by atomic mass is 35.5. The van der Waals surface area contributed by atoms with Gasteiger partial charge in [-0.1, -0.05) is 11.6 Å². The molecule has 1 aromatic carbocycles. The van der Waals surface area contributed by atoms with E-state index in [0.717, 1.165) is 28.7 Å². The molecule has 8 heteroatoms. The molecule has 0 spiro atoms. The topological polar surface area (TPSA) is 71.3 Å². The molecule has 0 atom stereocenters. The molecule has 2 amide bonds. The molecule has 5 nitrogen and oxygen atoms in total. The fraction of sp³-hybridized carbons (Fsp3) is 0.158. The summed E-state index contributed by atoms with van der Waals surface area (Å²) >= 11 is 7.07. The van der Waals surface area contributed by atoms with Crippen LogP contribution in [-0.2, 0) is 6.42 Å². The lowest BCUT2D eigenvalue weighted by Crippen LogP contribution is -2.25. The van der Waals surface area contributed by atoms with Crippen LogP contribution in [-0.4, -0.2) is 18.4 Å². The number of rotatable bonds is 6. The van der Waals surface area contributed by atoms with E-state index in [2.05, 4.69) is 10.6 Å². The van der Waals surface area contributed by atoms with Crippen molar-refractivity contribution in [3.8, 4) is 0 Å². The molecule has 2 aromatic heterocycles. The van der Waals surface area contributed by atoms with Crippen LogP contribution in [0.15, 0.2) is 47.1 Å². The Balaban J connectivity index is 1.63. The van der Waals surface area contributed by atoms with E-state index in [1.54, 1.807) is 25.3 Å². The Labute approximate surface area is 164 Å². The number of halogens is 2. The van der Waals surface area contributed by atoms with Gasteiger partial charge in [0.25, 0.3) is 11.8 Å². The molecule has 3 aromatic rings. The molecular formula is C19H16ClFN2O3S. The van der Waals surface area contributed by atoms with E-state index >= 15 is 0 Å². The van der Waals surface area contributed by atoms with Crippen LogP contribution < -0.4 is 10.6 Å². The molecule has 3 rings (SSSR count). The Hall–Kier alpha value is -2.64. The van der Waals surface area contributed by atoms with Gasteiger partial charge in [0.15, 0.2) is 0 Å². The monoisotopic (exact) mass is 406 g/mol. The lowest BCUT2D eigenvalue weighted by Gasteiger charge is -2.05. The number of hydrogen-bond acceptors (Lipinski definition) is 4. The van der Waals surface area contributed by atoms with Crippen LogP contribution in [0.5, 0.6) is 0 Å². The number of amides is 2. The van der Waals surface area contributed by atoms with E-state index in [1.807, 2.05) is 6.07 Å². The van der Waals surface area contributed by atoms with Gasteiger partial charge in [-0.3, -0.25) is 9.59 Å². The zero-order chi connectivity index (χ0) is 19.4. The lowest BCUT2D eigenvalue weighted by atomic mass is 10.2. The average molecular weight is 407 g/mol. The van der Waals surface area contributed by atoms with Gasteiger partial charge in [-0.05, 0) is 48.9 Å². The fourth-order valence-electron chi connectivity index (χ4n) is 2.46. The van der Waals surface area contributed by atoms with Gasteiger partial charge in [0.2, 0.25) is 0 Å². The summed E-state index contributed by atoms with van der Waals surface area (Å²) in [6.07, 6.45) is 2.18. The molecule has 0 aliphatic heterocycles. The number of aryl methyl sites for hydroxylation is 1. The van der Waals surface area contributed by atoms with Gasteiger partial charge < -0.3 is 15.1 Å². The Morgan fingerprint density at radius 3 is 2.74 bits per heavy atom. The normalized spacial score (nSPS) is 10.6. The van der Waals surface area contributed by atoms with Crippen molar-refractivity contribution < 1.29 is 18.4 Å². The average Bonchev–Trinajstić information content (AvgIpc) is 3.24. The Morgan fingerprint density at radius 2 is 2.04 bits per heavy atom. The van der Waals surface area contributed by atoms with Crippen molar-refractivity contribution in [2.45, 2.75) is 13.3 Å². The standard InChI is InChI=1S/C19H16ClFN2O3S/c1-11-9-16(23-18(24)14-5-4-12(21)10-15(14)20)27-17(11)19(25)22-7-6-13-3-2-8-26-13/h2-5,8-10H,6-7H2,1H3,(H,22,25)(H,23,24). The SMILES string of the molecule is Cc1cc(NC(=O)c2ccc(F)cc2Cl)sc1C(=O)NCCc1ccco1. The van der Waals surface area contributed by atoms with Gasteiger partial charge in [-0.2, -0.15) is 0 Å². The molecule has 140 valence electrons. The highest BCUT2D eigenvalue weighted by Gasteiger charge is 2.17. The van der Waals surface area contributed by atoms with Crippen molar-refractivity contribution in [1.82, 2.24) is 5.32 Å². The third kappa shape index (κ3) is 4.75. The van der Waals surface area contributed by atoms with Crippen molar-refractivity contribution in [3.63, 3.8) is 0 Å². The Bertz CT molecular complexity index is 970. The van der Waals surface area contributed by atoms with Crippen LogP contribution in [0.3, 0.4) is 0 Å². The zero-order valence-corrected chi connectivity index (χ0v) is 15.9. The minimum absolute atomic E-state index is 0.0247. The largest absolute Gasteiger partial charge is 0.469 e. The summed E-state index contributed by atoms with van der Waals surface area (Å²) in [5.41, 5.74) is 0.907. The molecule has 2 heterocycles. The molecule has 0 fully saturated rings. The summed E-state index contributed by atoms with van der Waals surface area (Å²) in [5.74, 6) is -0.408. The van der Waals surface area contributed by atoms with Gasteiger partial charge in [0.05, 0.1) is 26.7 Å². The smallest absolute Gasteiger partial charge is 0.261 e. The molecule has 0 saturated heterocycles. The predicted molar refractivity (Wildman–Crippen MR) is 103 cm³/mol. The highest BCUT2D eigenvalue weighted by Crippen LogP contribution is 2.28. The lowest BCUT2D eigenvalue weighted by molar-refractivity contribution is 0.0956. The summed E-state index contributed by atoms with van der Waals surface area (Å²) < 4.78 is 18.3. The molecule has 0 radical (unpaired) electrons. The maximum Gasteiger partial charge on any atom is 0.261 e. The summed E-state index contributed by atoms with van der Waals surface area (Å²) in [4.78, 5) is 25.2. The first-order valence-corrected chi connectivity index (χ1v) is 9.31. The minimum atomic E-state index is -0.517. The van der Waals surface area contributed by atoms with Crippen molar-refractivity contribution in [3.05, 3.63) is 75.3 Å². The summed E-state index contributed by atoms with van der Waals surface area (Å²) in [5, 5.41) is 6.05. The summed E-state index contributed by atoms with van der Waals surface area (Å²) in [6.45, 7) is 2.23. The highest BCUT2D eigenvalue weighted by molar-refractivity contribution is 7.18. The molecule has 0 saturated carbocycles. The van der Waals surface area contributed by atoms with Crippen LogP contribution in [0.2, 0.25) is 5.02 Å². The number of carbonyl (C=O) groups excluding carboxylic acids is 2. The van der Waals surface area contributed by atoms with Crippen LogP contribution in [0.25, 0.3) is 0 Å². The number of nitrogens with one attached hydrogen (secondary N) is 2. The first-order valence-electron chi connectivity index (χ1n) is 8.11. The van der Waals surface area contributed by atoms with Crippen molar-refractivity contribution in [2.24, 2.45) is 0 Å². The quantitative estimate of drug-likeness (QED) is 0.625. The summed E-state index contributed by atoms with van der Waals surface area (Å²) in [7, 11) is 0. The first-order chi connectivity index (χ1) is 12.9. The second-order valence-corrected chi connectivity index (χ2v) is 7.25. The zero-order valence-electron chi connectivity index (χ0n) is 14.3. The van der Waals surface area contributed by atoms with Crippen LogP contribution in [0.4, 0.5) is 9.39 Å². The third-order valence-electron chi connectivity index (χ3n) is 3.77. The summed E-state index contributed by atoms with van der Waals surface area (Å²) in [6, 6.07) is 8.91. The van der Waals surface area contributed by atoms with Crippen molar-refractivity contribution in [2.75, 3.05) is 11.9 Å². The van der Waals surface area contributed by atoms with E-state index in [9.17, 15) is 14.0 Å². The van der Waals surface area contributed by atoms with Gasteiger partial charge in [-0.15, -0.1) is 11.3 Å². The molecule has 0 unspecified atom stereocenters. The Morgan fingerprint density at radius 1 is 1.22 bits per heavy atom. The van der Waals surface area contributed by atoms with Crippen LogP contribution in [0, 0.1) is 12.7 Å². The van der Waals surface area contributed by atoms with Crippen molar-refractivity contribution >= 4 is 39.8 Å². The van der Waals surface area contributed by atoms with E-state index in [4.69, 9.17) is 16.0 Å². The number of anilines is 1. The molecule has 0 aliphatic rings. The number of carbonyl (C=O) groups is 2. The fourth-order valence-corrected chi connectivity index (χ4v) is 3.69. The van der Waals surface area contributed by atoms with E-state index < -0.39 is 11.7 Å². The maximum absolute atomic E-state index is 13.1. The molecule has 0 bridgehead atoms. The van der Waals surface area contributed by atoms with Crippen molar-refractivity contribution in [1.29, 1.82) is 0 Å². The van der Waals surface area contributed by atoms with E-state index in [0.29, 0.717) is 22.8 Å². The third-order valence-corrected chi connectivity index (χ3v) is 5.24. The van der Waals surface area contributed by atoms with Gasteiger partial charge in [0.1, 0.15) is 11.6 Å². The minimum Gasteiger partial charge on any atom is -0.469 e. The number of thiophene rings is 1. The van der Waals surface area contributed by atoms with Crippen LogP contribution >= 0.6 is 22.9 Å². The van der Waals surface area contributed by atoms with Crippen LogP contribution in [0.1, 0.15) is 31.4 Å². The molecule has 0 aliphatic carbocycles. The van der Waals surface area contributed by atoms with E-state index in [1.165, 1.54) is 12.1 Å². The van der Waals surface area contributed by atoms with Gasteiger partial charge in [0, 0.05) is 13.0 Å². The van der Waals surface area contributed by atoms with E-state index in [-0.39, 0.29) is 16.5 Å². The number of hydrogen-bond donors (Lipinski definition) is 2.